The summed E-state index contributed by atoms with van der Waals surface area (Å²) in [5.74, 6) is 1.88. The minimum atomic E-state index is 0.521. The summed E-state index contributed by atoms with van der Waals surface area (Å²) in [6.45, 7) is 6.74. The van der Waals surface area contributed by atoms with Gasteiger partial charge in [0, 0.05) is 19.2 Å². The Morgan fingerprint density at radius 1 is 1.36 bits per heavy atom. The summed E-state index contributed by atoms with van der Waals surface area (Å²) in [5.41, 5.74) is 0. The Balaban J connectivity index is 2.34. The first-order chi connectivity index (χ1) is 6.59. The number of nitrogens with one attached hydrogen (secondary N) is 1. The highest BCUT2D eigenvalue weighted by Gasteiger charge is 2.05. The van der Waals surface area contributed by atoms with Crippen molar-refractivity contribution >= 4 is 5.82 Å². The second-order valence-electron chi connectivity index (χ2n) is 4.36. The SMILES string of the molecule is CC(C)CCC(C)Nc1ccnn1C. The van der Waals surface area contributed by atoms with Crippen molar-refractivity contribution in [2.75, 3.05) is 5.32 Å². The zero-order chi connectivity index (χ0) is 10.6. The van der Waals surface area contributed by atoms with Crippen LogP contribution in [0.2, 0.25) is 0 Å². The predicted molar refractivity (Wildman–Crippen MR) is 60.4 cm³/mol. The monoisotopic (exact) mass is 195 g/mol. The predicted octanol–water partition coefficient (Wildman–Crippen LogP) is 2.66. The second-order valence-corrected chi connectivity index (χ2v) is 4.36. The van der Waals surface area contributed by atoms with Crippen LogP contribution in [0, 0.1) is 5.92 Å². The molecule has 1 aromatic heterocycles. The van der Waals surface area contributed by atoms with Gasteiger partial charge in [-0.1, -0.05) is 13.8 Å². The molecule has 0 bridgehead atoms. The van der Waals surface area contributed by atoms with Crippen molar-refractivity contribution in [2.24, 2.45) is 13.0 Å². The van der Waals surface area contributed by atoms with Gasteiger partial charge in [-0.3, -0.25) is 4.68 Å². The Labute approximate surface area is 86.5 Å². The van der Waals surface area contributed by atoms with E-state index in [-0.39, 0.29) is 0 Å². The van der Waals surface area contributed by atoms with Crippen LogP contribution in [0.4, 0.5) is 5.82 Å². The lowest BCUT2D eigenvalue weighted by Crippen LogP contribution is -2.17. The molecule has 0 saturated carbocycles. The lowest BCUT2D eigenvalue weighted by Gasteiger charge is -2.15. The summed E-state index contributed by atoms with van der Waals surface area (Å²) in [6.07, 6.45) is 4.30. The molecule has 1 unspecified atom stereocenters. The third kappa shape index (κ3) is 3.40. The first kappa shape index (κ1) is 11.1. The van der Waals surface area contributed by atoms with Gasteiger partial charge in [-0.2, -0.15) is 5.10 Å². The van der Waals surface area contributed by atoms with Crippen molar-refractivity contribution in [1.82, 2.24) is 9.78 Å². The molecular weight excluding hydrogens is 174 g/mol. The van der Waals surface area contributed by atoms with Crippen LogP contribution in [0.25, 0.3) is 0 Å². The molecule has 1 heterocycles. The van der Waals surface area contributed by atoms with E-state index in [1.807, 2.05) is 24.0 Å². The van der Waals surface area contributed by atoms with Crippen molar-refractivity contribution in [3.05, 3.63) is 12.3 Å². The van der Waals surface area contributed by atoms with Gasteiger partial charge < -0.3 is 5.32 Å². The van der Waals surface area contributed by atoms with E-state index in [4.69, 9.17) is 0 Å². The number of nitrogens with zero attached hydrogens (tertiary/aromatic N) is 2. The molecule has 0 aliphatic heterocycles. The van der Waals surface area contributed by atoms with E-state index in [9.17, 15) is 0 Å². The second kappa shape index (κ2) is 5.03. The summed E-state index contributed by atoms with van der Waals surface area (Å²) in [5, 5.41) is 7.57. The van der Waals surface area contributed by atoms with E-state index < -0.39 is 0 Å². The number of hydrogen-bond acceptors (Lipinski definition) is 2. The molecule has 0 amide bonds. The van der Waals surface area contributed by atoms with Crippen molar-refractivity contribution in [1.29, 1.82) is 0 Å². The average molecular weight is 195 g/mol. The van der Waals surface area contributed by atoms with E-state index in [0.717, 1.165) is 11.7 Å². The van der Waals surface area contributed by atoms with Gasteiger partial charge in [-0.15, -0.1) is 0 Å². The number of rotatable bonds is 5. The maximum absolute atomic E-state index is 4.12. The molecule has 0 aliphatic carbocycles. The molecule has 14 heavy (non-hydrogen) atoms. The summed E-state index contributed by atoms with van der Waals surface area (Å²) in [7, 11) is 1.96. The summed E-state index contributed by atoms with van der Waals surface area (Å²) >= 11 is 0. The Kier molecular flexibility index (Phi) is 3.98. The van der Waals surface area contributed by atoms with Crippen molar-refractivity contribution < 1.29 is 0 Å². The van der Waals surface area contributed by atoms with Gasteiger partial charge in [0.2, 0.25) is 0 Å². The normalized spacial score (nSPS) is 13.2. The van der Waals surface area contributed by atoms with Gasteiger partial charge in [-0.25, -0.2) is 0 Å². The summed E-state index contributed by atoms with van der Waals surface area (Å²) < 4.78 is 1.87. The number of aromatic nitrogens is 2. The van der Waals surface area contributed by atoms with Crippen LogP contribution in [0.15, 0.2) is 12.3 Å². The molecular formula is C11H21N3. The Morgan fingerprint density at radius 2 is 2.07 bits per heavy atom. The van der Waals surface area contributed by atoms with Crippen LogP contribution in [0.1, 0.15) is 33.6 Å². The number of hydrogen-bond donors (Lipinski definition) is 1. The fraction of sp³-hybridized carbons (Fsp3) is 0.727. The molecule has 1 atom stereocenters. The molecule has 0 aromatic carbocycles. The fourth-order valence-corrected chi connectivity index (χ4v) is 1.42. The zero-order valence-electron chi connectivity index (χ0n) is 9.62. The molecule has 3 nitrogen and oxygen atoms in total. The maximum atomic E-state index is 4.12. The highest BCUT2D eigenvalue weighted by Crippen LogP contribution is 2.11. The Hall–Kier alpha value is -0.990. The van der Waals surface area contributed by atoms with E-state index in [0.29, 0.717) is 6.04 Å². The van der Waals surface area contributed by atoms with Crippen LogP contribution in [0.3, 0.4) is 0 Å². The molecule has 0 fully saturated rings. The first-order valence-corrected chi connectivity index (χ1v) is 5.34. The molecule has 1 rings (SSSR count). The van der Waals surface area contributed by atoms with Gasteiger partial charge in [0.05, 0.1) is 6.20 Å². The van der Waals surface area contributed by atoms with E-state index in [1.54, 1.807) is 0 Å². The quantitative estimate of drug-likeness (QED) is 0.782. The molecule has 0 saturated heterocycles. The van der Waals surface area contributed by atoms with E-state index in [1.165, 1.54) is 12.8 Å². The van der Waals surface area contributed by atoms with Gasteiger partial charge in [0.1, 0.15) is 5.82 Å². The smallest absolute Gasteiger partial charge is 0.124 e. The first-order valence-electron chi connectivity index (χ1n) is 5.34. The average Bonchev–Trinajstić information content (AvgIpc) is 2.49. The standard InChI is InChI=1S/C11H21N3/c1-9(2)5-6-10(3)13-11-7-8-12-14(11)4/h7-10,13H,5-6H2,1-4H3. The highest BCUT2D eigenvalue weighted by molar-refractivity contribution is 5.34. The van der Waals surface area contributed by atoms with E-state index >= 15 is 0 Å². The van der Waals surface area contributed by atoms with Crippen molar-refractivity contribution in [2.45, 2.75) is 39.7 Å². The lowest BCUT2D eigenvalue weighted by molar-refractivity contribution is 0.525. The van der Waals surface area contributed by atoms with Crippen LogP contribution in [-0.2, 0) is 7.05 Å². The molecule has 0 radical (unpaired) electrons. The maximum Gasteiger partial charge on any atom is 0.124 e. The van der Waals surface area contributed by atoms with Crippen LogP contribution in [-0.4, -0.2) is 15.8 Å². The third-order valence-electron chi connectivity index (χ3n) is 2.39. The Bertz CT molecular complexity index is 265. The van der Waals surface area contributed by atoms with Crippen LogP contribution in [0.5, 0.6) is 0 Å². The van der Waals surface area contributed by atoms with Gasteiger partial charge in [-0.05, 0) is 25.7 Å². The highest BCUT2D eigenvalue weighted by atomic mass is 15.3. The summed E-state index contributed by atoms with van der Waals surface area (Å²) in [6, 6.07) is 2.53. The van der Waals surface area contributed by atoms with Crippen LogP contribution >= 0.6 is 0 Å². The fourth-order valence-electron chi connectivity index (χ4n) is 1.42. The topological polar surface area (TPSA) is 29.9 Å². The van der Waals surface area contributed by atoms with E-state index in [2.05, 4.69) is 31.2 Å². The molecule has 1 aromatic rings. The minimum Gasteiger partial charge on any atom is -0.368 e. The molecule has 80 valence electrons. The van der Waals surface area contributed by atoms with Gasteiger partial charge in [0.25, 0.3) is 0 Å². The molecule has 3 heteroatoms. The zero-order valence-corrected chi connectivity index (χ0v) is 9.62. The van der Waals surface area contributed by atoms with Crippen LogP contribution < -0.4 is 5.32 Å². The van der Waals surface area contributed by atoms with Gasteiger partial charge in [0.15, 0.2) is 0 Å². The third-order valence-corrected chi connectivity index (χ3v) is 2.39. The van der Waals surface area contributed by atoms with Gasteiger partial charge >= 0.3 is 0 Å². The number of anilines is 1. The molecule has 0 aliphatic rings. The molecule has 0 spiro atoms. The largest absolute Gasteiger partial charge is 0.368 e. The lowest BCUT2D eigenvalue weighted by atomic mass is 10.0. The van der Waals surface area contributed by atoms with Crippen molar-refractivity contribution in [3.8, 4) is 0 Å². The summed E-state index contributed by atoms with van der Waals surface area (Å²) in [4.78, 5) is 0. The minimum absolute atomic E-state index is 0.521. The molecule has 1 N–H and O–H groups in total. The number of aryl methyl sites for hydroxylation is 1. The Morgan fingerprint density at radius 3 is 2.57 bits per heavy atom. The van der Waals surface area contributed by atoms with Crippen molar-refractivity contribution in [3.63, 3.8) is 0 Å².